The zero-order valence-corrected chi connectivity index (χ0v) is 15.0. The third-order valence-corrected chi connectivity index (χ3v) is 4.30. The quantitative estimate of drug-likeness (QED) is 0.659. The highest BCUT2D eigenvalue weighted by molar-refractivity contribution is 6.02. The molecule has 0 saturated carbocycles. The Morgan fingerprint density at radius 1 is 0.963 bits per heavy atom. The molecule has 0 fully saturated rings. The number of carboxylic acids is 1. The molecule has 5 heteroatoms. The highest BCUT2D eigenvalue weighted by atomic mass is 16.4. The van der Waals surface area contributed by atoms with E-state index in [0.717, 1.165) is 16.7 Å². The molecule has 5 nitrogen and oxygen atoms in total. The van der Waals surface area contributed by atoms with Crippen molar-refractivity contribution in [2.45, 2.75) is 13.8 Å². The van der Waals surface area contributed by atoms with E-state index in [4.69, 9.17) is 4.42 Å². The molecular weight excluding hydrogens is 342 g/mol. The summed E-state index contributed by atoms with van der Waals surface area (Å²) in [4.78, 5) is 23.7. The Morgan fingerprint density at radius 3 is 2.41 bits per heavy atom. The number of hydrogen-bond acceptors (Lipinski definition) is 3. The van der Waals surface area contributed by atoms with E-state index in [1.807, 2.05) is 32.0 Å². The normalized spacial score (nSPS) is 11.3. The average molecular weight is 361 g/mol. The summed E-state index contributed by atoms with van der Waals surface area (Å²) in [5.74, 6) is -0.757. The Balaban J connectivity index is 1.87. The fourth-order valence-corrected chi connectivity index (χ4v) is 2.67. The lowest BCUT2D eigenvalue weighted by molar-refractivity contribution is -0.132. The molecule has 0 saturated heterocycles. The zero-order chi connectivity index (χ0) is 19.4. The Bertz CT molecular complexity index is 1020. The van der Waals surface area contributed by atoms with E-state index in [0.29, 0.717) is 17.1 Å². The molecule has 0 aliphatic heterocycles. The minimum Gasteiger partial charge on any atom is -0.477 e. The van der Waals surface area contributed by atoms with Crippen molar-refractivity contribution in [2.24, 2.45) is 0 Å². The zero-order valence-electron chi connectivity index (χ0n) is 15.0. The molecule has 0 atom stereocenters. The van der Waals surface area contributed by atoms with Gasteiger partial charge in [0.2, 0.25) is 0 Å². The minimum atomic E-state index is -1.25. The van der Waals surface area contributed by atoms with Crippen LogP contribution in [0.1, 0.15) is 27.2 Å². The Morgan fingerprint density at radius 2 is 1.70 bits per heavy atom. The molecule has 0 aliphatic carbocycles. The summed E-state index contributed by atoms with van der Waals surface area (Å²) in [6.45, 7) is 4.02. The highest BCUT2D eigenvalue weighted by Gasteiger charge is 2.15. The summed E-state index contributed by atoms with van der Waals surface area (Å²) < 4.78 is 5.78. The summed E-state index contributed by atoms with van der Waals surface area (Å²) >= 11 is 0. The number of carboxylic acid groups (broad SMARTS) is 1. The molecule has 1 aromatic heterocycles. The topological polar surface area (TPSA) is 79.5 Å². The van der Waals surface area contributed by atoms with E-state index in [9.17, 15) is 14.7 Å². The molecule has 3 rings (SSSR count). The van der Waals surface area contributed by atoms with Gasteiger partial charge in [-0.05, 0) is 49.2 Å². The lowest BCUT2D eigenvalue weighted by Gasteiger charge is -2.06. The van der Waals surface area contributed by atoms with Gasteiger partial charge in [-0.1, -0.05) is 36.4 Å². The predicted molar refractivity (Wildman–Crippen MR) is 103 cm³/mol. The number of amides is 1. The third kappa shape index (κ3) is 4.15. The van der Waals surface area contributed by atoms with Crippen LogP contribution in [0.2, 0.25) is 0 Å². The average Bonchev–Trinajstić information content (AvgIpc) is 3.12. The number of carbonyl (C=O) groups is 2. The van der Waals surface area contributed by atoms with Gasteiger partial charge in [-0.3, -0.25) is 4.79 Å². The van der Waals surface area contributed by atoms with Crippen molar-refractivity contribution < 1.29 is 19.1 Å². The fraction of sp³-hybridized carbons (Fsp3) is 0.0909. The van der Waals surface area contributed by atoms with Gasteiger partial charge in [0.05, 0.1) is 0 Å². The number of benzene rings is 2. The van der Waals surface area contributed by atoms with Crippen LogP contribution in [0.5, 0.6) is 0 Å². The maximum atomic E-state index is 12.2. The van der Waals surface area contributed by atoms with Gasteiger partial charge in [0.25, 0.3) is 5.91 Å². The molecule has 2 N–H and O–H groups in total. The third-order valence-electron chi connectivity index (χ3n) is 4.30. The van der Waals surface area contributed by atoms with Gasteiger partial charge in [-0.2, -0.15) is 0 Å². The van der Waals surface area contributed by atoms with Crippen LogP contribution >= 0.6 is 0 Å². The summed E-state index contributed by atoms with van der Waals surface area (Å²) in [7, 11) is 0. The first-order valence-electron chi connectivity index (χ1n) is 8.43. The van der Waals surface area contributed by atoms with Crippen molar-refractivity contribution in [2.75, 3.05) is 0 Å². The lowest BCUT2D eigenvalue weighted by atomic mass is 10.0. The molecule has 1 amide bonds. The first-order valence-corrected chi connectivity index (χ1v) is 8.43. The highest BCUT2D eigenvalue weighted by Crippen LogP contribution is 2.28. The second-order valence-electron chi connectivity index (χ2n) is 6.13. The molecule has 0 aliphatic rings. The van der Waals surface area contributed by atoms with Gasteiger partial charge < -0.3 is 14.8 Å². The van der Waals surface area contributed by atoms with Crippen molar-refractivity contribution in [1.29, 1.82) is 0 Å². The number of hydrogen-bond donors (Lipinski definition) is 2. The molecule has 27 heavy (non-hydrogen) atoms. The standard InChI is InChI=1S/C22H19NO4/c1-14-7-6-10-18(15(14)2)20-12-11-17(27-20)13-19(22(25)26)23-21(24)16-8-4-3-5-9-16/h3-13H,1-2H3,(H,23,24)(H,25,26)/b19-13-. The maximum Gasteiger partial charge on any atom is 0.352 e. The number of aliphatic carboxylic acids is 1. The van der Waals surface area contributed by atoms with E-state index in [2.05, 4.69) is 5.32 Å². The second kappa shape index (κ2) is 7.74. The number of furan rings is 1. The SMILES string of the molecule is Cc1cccc(-c2ccc(/C=C(\NC(=O)c3ccccc3)C(=O)O)o2)c1C. The van der Waals surface area contributed by atoms with Gasteiger partial charge in [0, 0.05) is 17.2 Å². The van der Waals surface area contributed by atoms with Crippen molar-refractivity contribution >= 4 is 18.0 Å². The van der Waals surface area contributed by atoms with E-state index < -0.39 is 11.9 Å². The first-order chi connectivity index (χ1) is 13.0. The summed E-state index contributed by atoms with van der Waals surface area (Å²) in [6, 6.07) is 17.8. The minimum absolute atomic E-state index is 0.259. The number of carbonyl (C=O) groups excluding carboxylic acids is 1. The van der Waals surface area contributed by atoms with E-state index >= 15 is 0 Å². The molecular formula is C22H19NO4. The van der Waals surface area contributed by atoms with Crippen LogP contribution in [-0.4, -0.2) is 17.0 Å². The van der Waals surface area contributed by atoms with Crippen LogP contribution in [0.4, 0.5) is 0 Å². The molecule has 0 spiro atoms. The van der Waals surface area contributed by atoms with Crippen molar-refractivity contribution in [3.05, 3.63) is 88.8 Å². The van der Waals surface area contributed by atoms with Gasteiger partial charge in [0.1, 0.15) is 17.2 Å². The molecule has 2 aromatic carbocycles. The van der Waals surface area contributed by atoms with Crippen LogP contribution in [0, 0.1) is 13.8 Å². The van der Waals surface area contributed by atoms with Crippen LogP contribution in [-0.2, 0) is 4.79 Å². The van der Waals surface area contributed by atoms with Crippen molar-refractivity contribution in [3.63, 3.8) is 0 Å². The van der Waals surface area contributed by atoms with Gasteiger partial charge in [-0.25, -0.2) is 4.79 Å². The monoisotopic (exact) mass is 361 g/mol. The Labute approximate surface area is 157 Å². The predicted octanol–water partition coefficient (Wildman–Crippen LogP) is 4.42. The smallest absolute Gasteiger partial charge is 0.352 e. The summed E-state index contributed by atoms with van der Waals surface area (Å²) in [5.41, 5.74) is 3.30. The van der Waals surface area contributed by atoms with Crippen LogP contribution in [0.3, 0.4) is 0 Å². The molecule has 3 aromatic rings. The first kappa shape index (κ1) is 18.2. The fourth-order valence-electron chi connectivity index (χ4n) is 2.67. The number of aryl methyl sites for hydroxylation is 1. The van der Waals surface area contributed by atoms with Crippen molar-refractivity contribution in [3.8, 4) is 11.3 Å². The summed E-state index contributed by atoms with van der Waals surface area (Å²) in [6.07, 6.45) is 1.30. The second-order valence-corrected chi connectivity index (χ2v) is 6.13. The van der Waals surface area contributed by atoms with Crippen LogP contribution in [0.25, 0.3) is 17.4 Å². The number of rotatable bonds is 5. The molecule has 0 bridgehead atoms. The molecule has 0 radical (unpaired) electrons. The van der Waals surface area contributed by atoms with Gasteiger partial charge in [0.15, 0.2) is 0 Å². The largest absolute Gasteiger partial charge is 0.477 e. The number of nitrogens with one attached hydrogen (secondary N) is 1. The maximum absolute atomic E-state index is 12.2. The van der Waals surface area contributed by atoms with Gasteiger partial charge in [-0.15, -0.1) is 0 Å². The van der Waals surface area contributed by atoms with E-state index in [1.54, 1.807) is 42.5 Å². The summed E-state index contributed by atoms with van der Waals surface area (Å²) in [5, 5.41) is 11.8. The van der Waals surface area contributed by atoms with Gasteiger partial charge >= 0.3 is 5.97 Å². The van der Waals surface area contributed by atoms with E-state index in [1.165, 1.54) is 6.08 Å². The Kier molecular flexibility index (Phi) is 5.22. The molecule has 136 valence electrons. The Hall–Kier alpha value is -3.60. The van der Waals surface area contributed by atoms with E-state index in [-0.39, 0.29) is 5.70 Å². The molecule has 0 unspecified atom stereocenters. The molecule has 1 heterocycles. The van der Waals surface area contributed by atoms with Crippen molar-refractivity contribution in [1.82, 2.24) is 5.32 Å². The van der Waals surface area contributed by atoms with Crippen LogP contribution in [0.15, 0.2) is 70.8 Å². The lowest BCUT2D eigenvalue weighted by Crippen LogP contribution is -2.27. The van der Waals surface area contributed by atoms with Crippen LogP contribution < -0.4 is 5.32 Å².